The van der Waals surface area contributed by atoms with Crippen molar-refractivity contribution in [1.29, 1.82) is 0 Å². The lowest BCUT2D eigenvalue weighted by molar-refractivity contribution is -0.117. The van der Waals surface area contributed by atoms with Gasteiger partial charge in [0.05, 0.1) is 17.7 Å². The Balaban J connectivity index is 2.50. The van der Waals surface area contributed by atoms with Crippen LogP contribution in [-0.2, 0) is 21.2 Å². The van der Waals surface area contributed by atoms with E-state index in [0.717, 1.165) is 16.3 Å². The van der Waals surface area contributed by atoms with Crippen LogP contribution in [-0.4, -0.2) is 21.4 Å². The minimum Gasteiger partial charge on any atom is -0.497 e. The minimum absolute atomic E-state index is 0.102. The number of ether oxygens (including phenoxy) is 1. The molecule has 25 heavy (non-hydrogen) atoms. The lowest BCUT2D eigenvalue weighted by Gasteiger charge is -2.23. The first-order valence-electron chi connectivity index (χ1n) is 8.25. The average Bonchev–Trinajstić information content (AvgIpc) is 2.62. The van der Waals surface area contributed by atoms with E-state index in [2.05, 4.69) is 0 Å². The number of carbonyl (C=O) groups is 1. The number of methoxy groups -OCH3 is 1. The number of hydrogen-bond donors (Lipinski definition) is 0. The summed E-state index contributed by atoms with van der Waals surface area (Å²) in [7, 11) is -2.45. The topological polar surface area (TPSA) is 63.7 Å². The number of hydrogen-bond acceptors (Lipinski definition) is 4. The van der Waals surface area contributed by atoms with Gasteiger partial charge in [-0.1, -0.05) is 26.0 Å². The second-order valence-electron chi connectivity index (χ2n) is 5.61. The molecule has 0 heterocycles. The van der Waals surface area contributed by atoms with Gasteiger partial charge in [0.25, 0.3) is 10.0 Å². The molecule has 1 amide bonds. The number of amides is 1. The van der Waals surface area contributed by atoms with Crippen LogP contribution in [0.1, 0.15) is 32.3 Å². The van der Waals surface area contributed by atoms with Crippen molar-refractivity contribution in [2.45, 2.75) is 38.0 Å². The molecule has 0 aliphatic heterocycles. The molecule has 2 rings (SSSR count). The molecule has 0 spiro atoms. The highest BCUT2D eigenvalue weighted by Gasteiger charge is 2.30. The Hall–Kier alpha value is -2.34. The van der Waals surface area contributed by atoms with E-state index in [9.17, 15) is 13.2 Å². The van der Waals surface area contributed by atoms with Gasteiger partial charge in [0.2, 0.25) is 5.91 Å². The van der Waals surface area contributed by atoms with Crippen molar-refractivity contribution >= 4 is 21.6 Å². The van der Waals surface area contributed by atoms with E-state index >= 15 is 0 Å². The molecule has 0 aliphatic rings. The highest BCUT2D eigenvalue weighted by molar-refractivity contribution is 7.93. The molecular formula is C19H23NO4S. The molecule has 5 nitrogen and oxygen atoms in total. The zero-order valence-electron chi connectivity index (χ0n) is 14.7. The van der Waals surface area contributed by atoms with Gasteiger partial charge in [0, 0.05) is 6.42 Å². The van der Waals surface area contributed by atoms with Crippen LogP contribution in [0.15, 0.2) is 53.4 Å². The van der Waals surface area contributed by atoms with Crippen LogP contribution in [0.3, 0.4) is 0 Å². The fourth-order valence-corrected chi connectivity index (χ4v) is 3.90. The van der Waals surface area contributed by atoms with Gasteiger partial charge in [-0.3, -0.25) is 4.79 Å². The second-order valence-corrected chi connectivity index (χ2v) is 7.40. The molecule has 0 bridgehead atoms. The molecule has 0 radical (unpaired) electrons. The van der Waals surface area contributed by atoms with Crippen molar-refractivity contribution in [1.82, 2.24) is 0 Å². The fourth-order valence-electron chi connectivity index (χ4n) is 2.45. The van der Waals surface area contributed by atoms with Crippen molar-refractivity contribution in [3.05, 3.63) is 54.1 Å². The van der Waals surface area contributed by atoms with Crippen molar-refractivity contribution < 1.29 is 17.9 Å². The van der Waals surface area contributed by atoms with Gasteiger partial charge in [0.1, 0.15) is 5.75 Å². The summed E-state index contributed by atoms with van der Waals surface area (Å²) in [6.07, 6.45) is 1.53. The van der Waals surface area contributed by atoms with E-state index < -0.39 is 15.9 Å². The van der Waals surface area contributed by atoms with Crippen LogP contribution < -0.4 is 9.04 Å². The molecule has 0 atom stereocenters. The summed E-state index contributed by atoms with van der Waals surface area (Å²) >= 11 is 0. The van der Waals surface area contributed by atoms with Crippen LogP contribution >= 0.6 is 0 Å². The van der Waals surface area contributed by atoms with Crippen molar-refractivity contribution in [3.8, 4) is 5.75 Å². The lowest BCUT2D eigenvalue weighted by Crippen LogP contribution is -2.36. The van der Waals surface area contributed by atoms with E-state index in [4.69, 9.17) is 4.74 Å². The number of carbonyl (C=O) groups excluding carboxylic acids is 1. The molecule has 0 aliphatic carbocycles. The first-order valence-corrected chi connectivity index (χ1v) is 9.69. The quantitative estimate of drug-likeness (QED) is 0.753. The Labute approximate surface area is 149 Å². The molecule has 134 valence electrons. The summed E-state index contributed by atoms with van der Waals surface area (Å²) in [5.74, 6) is 0.142. The third kappa shape index (κ3) is 4.20. The molecule has 2 aromatic carbocycles. The van der Waals surface area contributed by atoms with Crippen LogP contribution in [0.25, 0.3) is 0 Å². The Bertz CT molecular complexity index is 812. The van der Waals surface area contributed by atoms with Gasteiger partial charge in [-0.05, 0) is 54.8 Å². The van der Waals surface area contributed by atoms with E-state index in [0.29, 0.717) is 17.9 Å². The minimum atomic E-state index is -3.98. The standard InChI is InChI=1S/C19H23NO4S/c1-4-6-19(21)20(16-9-11-17(24-3)12-10-16)25(22,23)18-13-7-15(5-2)8-14-18/h7-14H,4-6H2,1-3H3. The molecule has 0 fully saturated rings. The third-order valence-corrected chi connectivity index (χ3v) is 5.63. The van der Waals surface area contributed by atoms with Gasteiger partial charge < -0.3 is 4.74 Å². The second kappa shape index (κ2) is 8.16. The van der Waals surface area contributed by atoms with Gasteiger partial charge in [-0.25, -0.2) is 12.7 Å². The first kappa shape index (κ1) is 19.0. The number of rotatable bonds is 7. The van der Waals surface area contributed by atoms with E-state index in [1.807, 2.05) is 13.8 Å². The Morgan fingerprint density at radius 1 is 1.00 bits per heavy atom. The average molecular weight is 361 g/mol. The predicted octanol–water partition coefficient (Wildman–Crippen LogP) is 3.78. The Morgan fingerprint density at radius 3 is 2.08 bits per heavy atom. The fraction of sp³-hybridized carbons (Fsp3) is 0.316. The third-order valence-electron chi connectivity index (χ3n) is 3.87. The zero-order valence-corrected chi connectivity index (χ0v) is 15.5. The summed E-state index contributed by atoms with van der Waals surface area (Å²) in [4.78, 5) is 12.7. The van der Waals surface area contributed by atoms with E-state index in [-0.39, 0.29) is 11.3 Å². The Morgan fingerprint density at radius 2 is 1.60 bits per heavy atom. The number of benzene rings is 2. The predicted molar refractivity (Wildman–Crippen MR) is 98.4 cm³/mol. The molecule has 0 N–H and O–H groups in total. The van der Waals surface area contributed by atoms with Gasteiger partial charge in [-0.2, -0.15) is 0 Å². The van der Waals surface area contributed by atoms with Crippen LogP contribution in [0.2, 0.25) is 0 Å². The molecule has 0 aromatic heterocycles. The van der Waals surface area contributed by atoms with Crippen molar-refractivity contribution in [3.63, 3.8) is 0 Å². The summed E-state index contributed by atoms with van der Waals surface area (Å²) in [5, 5.41) is 0. The molecule has 0 unspecified atom stereocenters. The number of aryl methyl sites for hydroxylation is 1. The van der Waals surface area contributed by atoms with Crippen LogP contribution in [0.5, 0.6) is 5.75 Å². The molecule has 0 saturated carbocycles. The number of nitrogens with zero attached hydrogens (tertiary/aromatic N) is 1. The van der Waals surface area contributed by atoms with Crippen molar-refractivity contribution in [2.75, 3.05) is 11.4 Å². The normalized spacial score (nSPS) is 11.2. The highest BCUT2D eigenvalue weighted by atomic mass is 32.2. The summed E-state index contributed by atoms with van der Waals surface area (Å²) in [5.41, 5.74) is 1.34. The molecule has 2 aromatic rings. The van der Waals surface area contributed by atoms with Crippen molar-refractivity contribution in [2.24, 2.45) is 0 Å². The first-order chi connectivity index (χ1) is 11.9. The largest absolute Gasteiger partial charge is 0.497 e. The lowest BCUT2D eigenvalue weighted by atomic mass is 10.2. The molecular weight excluding hydrogens is 338 g/mol. The summed E-state index contributed by atoms with van der Waals surface area (Å²) in [6, 6.07) is 13.0. The highest BCUT2D eigenvalue weighted by Crippen LogP contribution is 2.27. The number of sulfonamides is 1. The van der Waals surface area contributed by atoms with Crippen LogP contribution in [0.4, 0.5) is 5.69 Å². The molecule has 0 saturated heterocycles. The summed E-state index contributed by atoms with van der Waals surface area (Å²) in [6.45, 7) is 3.84. The Kier molecular flexibility index (Phi) is 6.20. The van der Waals surface area contributed by atoms with Gasteiger partial charge in [0.15, 0.2) is 0 Å². The number of anilines is 1. The monoisotopic (exact) mass is 361 g/mol. The maximum atomic E-state index is 13.1. The van der Waals surface area contributed by atoms with E-state index in [1.165, 1.54) is 7.11 Å². The zero-order chi connectivity index (χ0) is 18.4. The van der Waals surface area contributed by atoms with Crippen LogP contribution in [0, 0.1) is 0 Å². The maximum Gasteiger partial charge on any atom is 0.270 e. The molecule has 6 heteroatoms. The maximum absolute atomic E-state index is 13.1. The summed E-state index contributed by atoms with van der Waals surface area (Å²) < 4.78 is 32.1. The van der Waals surface area contributed by atoms with Gasteiger partial charge >= 0.3 is 0 Å². The SMILES string of the molecule is CCCC(=O)N(c1ccc(OC)cc1)S(=O)(=O)c1ccc(CC)cc1. The smallest absolute Gasteiger partial charge is 0.270 e. The van der Waals surface area contributed by atoms with Gasteiger partial charge in [-0.15, -0.1) is 0 Å². The van der Waals surface area contributed by atoms with E-state index in [1.54, 1.807) is 48.5 Å².